The molecule has 0 radical (unpaired) electrons. The van der Waals surface area contributed by atoms with E-state index in [1.54, 1.807) is 14.0 Å². The van der Waals surface area contributed by atoms with Crippen LogP contribution in [0.1, 0.15) is 51.0 Å². The Balaban J connectivity index is 1.54. The molecular weight excluding hydrogens is 342 g/mol. The lowest BCUT2D eigenvalue weighted by Crippen LogP contribution is -3.19. The predicted molar refractivity (Wildman–Crippen MR) is 101 cm³/mol. The highest BCUT2D eigenvalue weighted by Gasteiger charge is 2.51. The van der Waals surface area contributed by atoms with E-state index in [0.29, 0.717) is 18.5 Å². The van der Waals surface area contributed by atoms with Gasteiger partial charge >= 0.3 is 6.03 Å². The third kappa shape index (κ3) is 3.20. The summed E-state index contributed by atoms with van der Waals surface area (Å²) in [5, 5.41) is 2.93. The summed E-state index contributed by atoms with van der Waals surface area (Å²) in [5.41, 5.74) is -0.279. The second kappa shape index (κ2) is 7.15. The largest absolute Gasteiger partial charge is 0.497 e. The molecule has 3 amide bonds. The number of piperidine rings is 1. The van der Waals surface area contributed by atoms with Gasteiger partial charge in [-0.2, -0.15) is 0 Å². The minimum Gasteiger partial charge on any atom is -0.497 e. The maximum Gasteiger partial charge on any atom is 0.329 e. The molecule has 1 unspecified atom stereocenters. The third-order valence-electron chi connectivity index (χ3n) is 6.79. The average Bonchev–Trinajstić information content (AvgIpc) is 2.92. The van der Waals surface area contributed by atoms with Crippen LogP contribution in [0.3, 0.4) is 0 Å². The Bertz CT molecular complexity index is 735. The smallest absolute Gasteiger partial charge is 0.329 e. The summed E-state index contributed by atoms with van der Waals surface area (Å²) in [4.78, 5) is 28.8. The van der Waals surface area contributed by atoms with Crippen LogP contribution in [0.4, 0.5) is 4.79 Å². The number of urea groups is 1. The van der Waals surface area contributed by atoms with Crippen molar-refractivity contribution in [1.82, 2.24) is 10.2 Å². The van der Waals surface area contributed by atoms with E-state index in [1.165, 1.54) is 48.3 Å². The Morgan fingerprint density at radius 1 is 1.22 bits per heavy atom. The van der Waals surface area contributed by atoms with Crippen molar-refractivity contribution >= 4 is 11.9 Å². The minimum atomic E-state index is -1.03. The highest BCUT2D eigenvalue weighted by molar-refractivity contribution is 6.07. The summed E-state index contributed by atoms with van der Waals surface area (Å²) in [7, 11) is 1.60. The highest BCUT2D eigenvalue weighted by Crippen LogP contribution is 2.31. The number of benzene rings is 1. The Morgan fingerprint density at radius 2 is 2.00 bits per heavy atom. The Hall–Kier alpha value is -2.08. The van der Waals surface area contributed by atoms with Gasteiger partial charge in [-0.1, -0.05) is 18.6 Å². The Kier molecular flexibility index (Phi) is 4.84. The van der Waals surface area contributed by atoms with Crippen molar-refractivity contribution in [1.29, 1.82) is 0 Å². The van der Waals surface area contributed by atoms with Gasteiger partial charge in [0.2, 0.25) is 0 Å². The summed E-state index contributed by atoms with van der Waals surface area (Å²) in [6.45, 7) is 3.32. The quantitative estimate of drug-likeness (QED) is 0.790. The molecule has 1 saturated carbocycles. The molecule has 4 rings (SSSR count). The molecule has 1 aromatic carbocycles. The molecular formula is C21H30N3O3+. The van der Waals surface area contributed by atoms with Gasteiger partial charge < -0.3 is 15.0 Å². The van der Waals surface area contributed by atoms with Crippen LogP contribution in [-0.4, -0.2) is 43.2 Å². The van der Waals surface area contributed by atoms with Crippen LogP contribution >= 0.6 is 0 Å². The Labute approximate surface area is 160 Å². The number of hydrogen-bond donors (Lipinski definition) is 2. The van der Waals surface area contributed by atoms with E-state index >= 15 is 0 Å². The van der Waals surface area contributed by atoms with Crippen molar-refractivity contribution in [2.45, 2.75) is 57.0 Å². The molecule has 2 aliphatic heterocycles. The van der Waals surface area contributed by atoms with Gasteiger partial charge in [-0.05, 0) is 56.7 Å². The highest BCUT2D eigenvalue weighted by atomic mass is 16.5. The summed E-state index contributed by atoms with van der Waals surface area (Å²) < 4.78 is 5.29. The normalized spacial score (nSPS) is 33.6. The van der Waals surface area contributed by atoms with Crippen LogP contribution in [0, 0.1) is 5.92 Å². The van der Waals surface area contributed by atoms with Crippen molar-refractivity contribution in [2.24, 2.45) is 5.92 Å². The number of hydrogen-bond acceptors (Lipinski definition) is 3. The molecule has 27 heavy (non-hydrogen) atoms. The molecule has 6 nitrogen and oxygen atoms in total. The topological polar surface area (TPSA) is 63.1 Å². The van der Waals surface area contributed by atoms with Gasteiger partial charge in [-0.3, -0.25) is 4.79 Å². The molecule has 2 N–H and O–H groups in total. The van der Waals surface area contributed by atoms with E-state index in [1.807, 2.05) is 24.3 Å². The van der Waals surface area contributed by atoms with Gasteiger partial charge in [0.05, 0.1) is 19.7 Å². The fourth-order valence-electron chi connectivity index (χ4n) is 5.24. The number of quaternary nitrogens is 1. The zero-order chi connectivity index (χ0) is 19.0. The van der Waals surface area contributed by atoms with E-state index in [4.69, 9.17) is 4.74 Å². The molecule has 2 saturated heterocycles. The first kappa shape index (κ1) is 18.3. The average molecular weight is 372 g/mol. The maximum absolute atomic E-state index is 13.3. The molecule has 0 spiro atoms. The van der Waals surface area contributed by atoms with Crippen LogP contribution in [0.15, 0.2) is 24.3 Å². The second-order valence-electron chi connectivity index (χ2n) is 8.38. The SMILES string of the molecule is COc1cccc([C@@]2(C)NC(=O)N(C[NH+]3CCC[C@H]4CCCC[C@@H]43)C2=O)c1. The monoisotopic (exact) mass is 372 g/mol. The van der Waals surface area contributed by atoms with Crippen molar-refractivity contribution in [3.63, 3.8) is 0 Å². The van der Waals surface area contributed by atoms with Gasteiger partial charge in [-0.15, -0.1) is 0 Å². The first-order chi connectivity index (χ1) is 13.0. The zero-order valence-corrected chi connectivity index (χ0v) is 16.3. The maximum atomic E-state index is 13.3. The van der Waals surface area contributed by atoms with Crippen LogP contribution in [-0.2, 0) is 10.3 Å². The fourth-order valence-corrected chi connectivity index (χ4v) is 5.24. The first-order valence-corrected chi connectivity index (χ1v) is 10.2. The molecule has 2 heterocycles. The summed E-state index contributed by atoms with van der Waals surface area (Å²) in [6.07, 6.45) is 7.60. The third-order valence-corrected chi connectivity index (χ3v) is 6.79. The summed E-state index contributed by atoms with van der Waals surface area (Å²) in [6, 6.07) is 7.70. The van der Waals surface area contributed by atoms with Crippen LogP contribution < -0.4 is 15.0 Å². The molecule has 146 valence electrons. The van der Waals surface area contributed by atoms with E-state index in [9.17, 15) is 9.59 Å². The predicted octanol–water partition coefficient (Wildman–Crippen LogP) is 1.66. The number of ether oxygens (including phenoxy) is 1. The van der Waals surface area contributed by atoms with Crippen LogP contribution in [0.25, 0.3) is 0 Å². The number of likely N-dealkylation sites (tertiary alicyclic amines) is 1. The number of nitrogens with zero attached hydrogens (tertiary/aromatic N) is 1. The van der Waals surface area contributed by atoms with Crippen molar-refractivity contribution < 1.29 is 19.2 Å². The van der Waals surface area contributed by atoms with Crippen LogP contribution in [0.5, 0.6) is 5.75 Å². The Morgan fingerprint density at radius 3 is 2.81 bits per heavy atom. The standard InChI is InChI=1S/C21H29N3O3/c1-21(16-9-5-10-17(13-16)27-2)19(25)24(20(26)22-21)14-23-12-6-8-15-7-3-4-11-18(15)23/h5,9-10,13,15,18H,3-4,6-8,11-12,14H2,1-2H3,(H,22,26)/p+1/t15-,18+,21-/m1/s1. The van der Waals surface area contributed by atoms with Gasteiger partial charge in [0, 0.05) is 5.92 Å². The van der Waals surface area contributed by atoms with Crippen molar-refractivity contribution in [2.75, 3.05) is 20.3 Å². The number of imide groups is 1. The van der Waals surface area contributed by atoms with Gasteiger partial charge in [0.15, 0.2) is 6.67 Å². The summed E-state index contributed by atoms with van der Waals surface area (Å²) >= 11 is 0. The number of carbonyl (C=O) groups is 2. The fraction of sp³-hybridized carbons (Fsp3) is 0.619. The minimum absolute atomic E-state index is 0.161. The molecule has 3 aliphatic rings. The van der Waals surface area contributed by atoms with Gasteiger partial charge in [-0.25, -0.2) is 9.69 Å². The number of rotatable bonds is 4. The lowest BCUT2D eigenvalue weighted by Gasteiger charge is -2.42. The number of fused-ring (bicyclic) bond motifs is 1. The number of amides is 3. The van der Waals surface area contributed by atoms with Crippen molar-refractivity contribution in [3.8, 4) is 5.75 Å². The summed E-state index contributed by atoms with van der Waals surface area (Å²) in [5.74, 6) is 1.28. The van der Waals surface area contributed by atoms with Crippen LogP contribution in [0.2, 0.25) is 0 Å². The molecule has 3 fully saturated rings. The molecule has 0 bridgehead atoms. The lowest BCUT2D eigenvalue weighted by atomic mass is 9.78. The number of carbonyl (C=O) groups excluding carboxylic acids is 2. The van der Waals surface area contributed by atoms with Gasteiger partial charge in [0.25, 0.3) is 5.91 Å². The molecule has 4 atom stereocenters. The van der Waals surface area contributed by atoms with E-state index in [0.717, 1.165) is 18.0 Å². The van der Waals surface area contributed by atoms with Gasteiger partial charge in [0.1, 0.15) is 11.3 Å². The van der Waals surface area contributed by atoms with Crippen molar-refractivity contribution in [3.05, 3.63) is 29.8 Å². The van der Waals surface area contributed by atoms with E-state index in [2.05, 4.69) is 5.32 Å². The lowest BCUT2D eigenvalue weighted by molar-refractivity contribution is -0.942. The second-order valence-corrected chi connectivity index (χ2v) is 8.38. The van der Waals surface area contributed by atoms with E-state index < -0.39 is 5.54 Å². The zero-order valence-electron chi connectivity index (χ0n) is 16.3. The molecule has 0 aromatic heterocycles. The molecule has 1 aromatic rings. The molecule has 1 aliphatic carbocycles. The first-order valence-electron chi connectivity index (χ1n) is 10.2. The van der Waals surface area contributed by atoms with E-state index in [-0.39, 0.29) is 11.9 Å². The number of methoxy groups -OCH3 is 1. The number of nitrogens with one attached hydrogen (secondary N) is 2. The molecule has 6 heteroatoms.